The van der Waals surface area contributed by atoms with Gasteiger partial charge in [-0.3, -0.25) is 4.98 Å². The van der Waals surface area contributed by atoms with Crippen molar-refractivity contribution in [3.05, 3.63) is 41.2 Å². The molecule has 3 rings (SSSR count). The van der Waals surface area contributed by atoms with E-state index in [1.807, 2.05) is 6.20 Å². The SMILES string of the molecule is Cc1cc(-c2cc(NCCN(C)C)nc3[nH]ccc23)nc(C)c1C. The van der Waals surface area contributed by atoms with Gasteiger partial charge < -0.3 is 15.2 Å². The Kier molecular flexibility index (Phi) is 4.53. The van der Waals surface area contributed by atoms with Crippen LogP contribution in [0.5, 0.6) is 0 Å². The van der Waals surface area contributed by atoms with Crippen LogP contribution in [0.4, 0.5) is 5.82 Å². The smallest absolute Gasteiger partial charge is 0.140 e. The van der Waals surface area contributed by atoms with Crippen LogP contribution in [0, 0.1) is 20.8 Å². The van der Waals surface area contributed by atoms with Gasteiger partial charge in [0, 0.05) is 35.9 Å². The van der Waals surface area contributed by atoms with Crippen LogP contribution >= 0.6 is 0 Å². The van der Waals surface area contributed by atoms with Crippen molar-refractivity contribution in [3.63, 3.8) is 0 Å². The Balaban J connectivity index is 2.04. The van der Waals surface area contributed by atoms with Gasteiger partial charge in [0.1, 0.15) is 11.5 Å². The summed E-state index contributed by atoms with van der Waals surface area (Å²) in [6, 6.07) is 6.32. The minimum absolute atomic E-state index is 0.852. The van der Waals surface area contributed by atoms with E-state index in [2.05, 4.69) is 73.3 Å². The van der Waals surface area contributed by atoms with E-state index in [1.54, 1.807) is 0 Å². The van der Waals surface area contributed by atoms with Crippen molar-refractivity contribution in [2.45, 2.75) is 20.8 Å². The maximum atomic E-state index is 4.81. The molecule has 0 saturated heterocycles. The molecule has 3 aromatic rings. The second-order valence-electron chi connectivity index (χ2n) is 6.56. The molecule has 0 fully saturated rings. The Hall–Kier alpha value is -2.40. The van der Waals surface area contributed by atoms with Crippen LogP contribution in [-0.2, 0) is 0 Å². The Bertz CT molecular complexity index is 840. The first-order valence-electron chi connectivity index (χ1n) is 8.27. The molecule has 3 aromatic heterocycles. The van der Waals surface area contributed by atoms with Crippen molar-refractivity contribution >= 4 is 16.9 Å². The highest BCUT2D eigenvalue weighted by molar-refractivity contribution is 5.93. The quantitative estimate of drug-likeness (QED) is 0.754. The summed E-state index contributed by atoms with van der Waals surface area (Å²) < 4.78 is 0. The van der Waals surface area contributed by atoms with Gasteiger partial charge in [-0.25, -0.2) is 4.98 Å². The maximum Gasteiger partial charge on any atom is 0.140 e. The predicted molar refractivity (Wildman–Crippen MR) is 101 cm³/mol. The van der Waals surface area contributed by atoms with Gasteiger partial charge in [0.2, 0.25) is 0 Å². The zero-order valence-corrected chi connectivity index (χ0v) is 15.1. The highest BCUT2D eigenvalue weighted by atomic mass is 15.1. The van der Waals surface area contributed by atoms with Gasteiger partial charge in [0.15, 0.2) is 0 Å². The summed E-state index contributed by atoms with van der Waals surface area (Å²) in [7, 11) is 4.13. The number of rotatable bonds is 5. The number of fused-ring (bicyclic) bond motifs is 1. The Morgan fingerprint density at radius 3 is 2.62 bits per heavy atom. The van der Waals surface area contributed by atoms with Gasteiger partial charge >= 0.3 is 0 Å². The highest BCUT2D eigenvalue weighted by Gasteiger charge is 2.12. The number of nitrogens with one attached hydrogen (secondary N) is 2. The number of H-pyrrole nitrogens is 1. The molecular formula is C19H25N5. The van der Waals surface area contributed by atoms with E-state index >= 15 is 0 Å². The molecule has 0 radical (unpaired) electrons. The summed E-state index contributed by atoms with van der Waals surface area (Å²) in [4.78, 5) is 14.8. The summed E-state index contributed by atoms with van der Waals surface area (Å²) in [6.45, 7) is 8.14. The number of pyridine rings is 2. The minimum Gasteiger partial charge on any atom is -0.369 e. The Morgan fingerprint density at radius 1 is 1.12 bits per heavy atom. The first-order chi connectivity index (χ1) is 11.5. The van der Waals surface area contributed by atoms with E-state index < -0.39 is 0 Å². The molecule has 0 aliphatic rings. The molecule has 2 N–H and O–H groups in total. The number of aromatic nitrogens is 3. The second kappa shape index (κ2) is 6.61. The third-order valence-corrected chi connectivity index (χ3v) is 4.45. The summed E-state index contributed by atoms with van der Waals surface area (Å²) in [6.07, 6.45) is 1.93. The van der Waals surface area contributed by atoms with Crippen molar-refractivity contribution in [1.82, 2.24) is 19.9 Å². The van der Waals surface area contributed by atoms with Gasteiger partial charge in [-0.1, -0.05) is 0 Å². The molecule has 126 valence electrons. The topological polar surface area (TPSA) is 56.8 Å². The fourth-order valence-corrected chi connectivity index (χ4v) is 2.78. The Morgan fingerprint density at radius 2 is 1.92 bits per heavy atom. The molecule has 5 heteroatoms. The van der Waals surface area contributed by atoms with Crippen molar-refractivity contribution in [3.8, 4) is 11.3 Å². The van der Waals surface area contributed by atoms with E-state index in [4.69, 9.17) is 4.98 Å². The number of nitrogens with zero attached hydrogens (tertiary/aromatic N) is 3. The van der Waals surface area contributed by atoms with Gasteiger partial charge in [-0.15, -0.1) is 0 Å². The normalized spacial score (nSPS) is 11.4. The lowest BCUT2D eigenvalue weighted by Crippen LogP contribution is -2.21. The van der Waals surface area contributed by atoms with E-state index in [1.165, 1.54) is 11.1 Å². The average molecular weight is 323 g/mol. The molecule has 0 aliphatic carbocycles. The number of aryl methyl sites for hydroxylation is 2. The van der Waals surface area contributed by atoms with Crippen LogP contribution in [-0.4, -0.2) is 47.0 Å². The largest absolute Gasteiger partial charge is 0.369 e. The molecule has 0 amide bonds. The third-order valence-electron chi connectivity index (χ3n) is 4.45. The third kappa shape index (κ3) is 3.26. The number of anilines is 1. The van der Waals surface area contributed by atoms with E-state index in [-0.39, 0.29) is 0 Å². The summed E-state index contributed by atoms with van der Waals surface area (Å²) >= 11 is 0. The molecule has 0 saturated carbocycles. The first kappa shape index (κ1) is 16.5. The molecule has 0 spiro atoms. The lowest BCUT2D eigenvalue weighted by molar-refractivity contribution is 0.425. The molecule has 5 nitrogen and oxygen atoms in total. The van der Waals surface area contributed by atoms with Gasteiger partial charge in [-0.05, 0) is 64.2 Å². The Labute approximate surface area is 143 Å². The van der Waals surface area contributed by atoms with Crippen LogP contribution in [0.1, 0.15) is 16.8 Å². The van der Waals surface area contributed by atoms with Gasteiger partial charge in [0.05, 0.1) is 5.69 Å². The van der Waals surface area contributed by atoms with E-state index in [0.717, 1.165) is 46.9 Å². The minimum atomic E-state index is 0.852. The molecule has 0 atom stereocenters. The number of hydrogen-bond acceptors (Lipinski definition) is 4. The fraction of sp³-hybridized carbons (Fsp3) is 0.368. The summed E-state index contributed by atoms with van der Waals surface area (Å²) in [5.74, 6) is 0.875. The molecule has 0 bridgehead atoms. The summed E-state index contributed by atoms with van der Waals surface area (Å²) in [5, 5.41) is 4.51. The summed E-state index contributed by atoms with van der Waals surface area (Å²) in [5.41, 5.74) is 6.59. The monoisotopic (exact) mass is 323 g/mol. The average Bonchev–Trinajstić information content (AvgIpc) is 2.99. The molecular weight excluding hydrogens is 298 g/mol. The van der Waals surface area contributed by atoms with Crippen molar-refractivity contribution in [2.24, 2.45) is 0 Å². The van der Waals surface area contributed by atoms with Crippen molar-refractivity contribution in [2.75, 3.05) is 32.5 Å². The lowest BCUT2D eigenvalue weighted by Gasteiger charge is -2.13. The van der Waals surface area contributed by atoms with Gasteiger partial charge in [0.25, 0.3) is 0 Å². The number of likely N-dealkylation sites (N-methyl/N-ethyl adjacent to an activating group) is 1. The molecule has 0 aromatic carbocycles. The number of aromatic amines is 1. The van der Waals surface area contributed by atoms with Crippen LogP contribution in [0.25, 0.3) is 22.3 Å². The lowest BCUT2D eigenvalue weighted by atomic mass is 10.0. The zero-order chi connectivity index (χ0) is 17.3. The first-order valence-corrected chi connectivity index (χ1v) is 8.27. The second-order valence-corrected chi connectivity index (χ2v) is 6.56. The van der Waals surface area contributed by atoms with E-state index in [0.29, 0.717) is 0 Å². The van der Waals surface area contributed by atoms with Crippen LogP contribution in [0.2, 0.25) is 0 Å². The fourth-order valence-electron chi connectivity index (χ4n) is 2.78. The predicted octanol–water partition coefficient (Wildman–Crippen LogP) is 3.52. The van der Waals surface area contributed by atoms with Crippen LogP contribution in [0.15, 0.2) is 24.4 Å². The molecule has 24 heavy (non-hydrogen) atoms. The van der Waals surface area contributed by atoms with E-state index in [9.17, 15) is 0 Å². The highest BCUT2D eigenvalue weighted by Crippen LogP contribution is 2.30. The zero-order valence-electron chi connectivity index (χ0n) is 15.1. The van der Waals surface area contributed by atoms with Crippen LogP contribution < -0.4 is 5.32 Å². The standard InChI is InChI=1S/C19H25N5/c1-12-10-17(22-14(3)13(12)2)16-11-18(20-8-9-24(4)5)23-19-15(16)6-7-21-19/h6-7,10-11H,8-9H2,1-5H3,(H2,20,21,23). The van der Waals surface area contributed by atoms with Gasteiger partial charge in [-0.2, -0.15) is 0 Å². The molecule has 0 unspecified atom stereocenters. The number of hydrogen-bond donors (Lipinski definition) is 2. The maximum absolute atomic E-state index is 4.81. The van der Waals surface area contributed by atoms with Crippen LogP contribution in [0.3, 0.4) is 0 Å². The van der Waals surface area contributed by atoms with Crippen molar-refractivity contribution < 1.29 is 0 Å². The molecule has 3 heterocycles. The van der Waals surface area contributed by atoms with Crippen molar-refractivity contribution in [1.29, 1.82) is 0 Å². The molecule has 0 aliphatic heterocycles.